The Labute approximate surface area is 128 Å². The molecular formula is C15H16ClN3O2. The van der Waals surface area contributed by atoms with Crippen LogP contribution in [-0.4, -0.2) is 24.5 Å². The van der Waals surface area contributed by atoms with Crippen molar-refractivity contribution < 1.29 is 9.53 Å². The normalized spacial score (nSPS) is 10.0. The molecule has 0 aliphatic heterocycles. The largest absolute Gasteiger partial charge is 0.495 e. The van der Waals surface area contributed by atoms with E-state index in [9.17, 15) is 4.79 Å². The molecule has 1 amide bonds. The number of para-hydroxylation sites is 2. The molecule has 0 atom stereocenters. The molecule has 0 spiro atoms. The van der Waals surface area contributed by atoms with Crippen LogP contribution in [0, 0.1) is 0 Å². The maximum atomic E-state index is 12.2. The predicted molar refractivity (Wildman–Crippen MR) is 84.4 cm³/mol. The van der Waals surface area contributed by atoms with Crippen LogP contribution in [0.3, 0.4) is 0 Å². The minimum Gasteiger partial charge on any atom is -0.495 e. The van der Waals surface area contributed by atoms with E-state index in [4.69, 9.17) is 16.3 Å². The Morgan fingerprint density at radius 1 is 1.38 bits per heavy atom. The van der Waals surface area contributed by atoms with E-state index in [2.05, 4.69) is 15.6 Å². The fraction of sp³-hybridized carbons (Fsp3) is 0.200. The molecule has 110 valence electrons. The maximum absolute atomic E-state index is 12.2. The van der Waals surface area contributed by atoms with Crippen LogP contribution in [-0.2, 0) is 0 Å². The first-order valence-corrected chi connectivity index (χ1v) is 6.87. The monoisotopic (exact) mass is 305 g/mol. The molecule has 2 aromatic rings. The first kappa shape index (κ1) is 15.1. The molecule has 0 aliphatic rings. The number of aromatic nitrogens is 1. The lowest BCUT2D eigenvalue weighted by atomic mass is 10.2. The summed E-state index contributed by atoms with van der Waals surface area (Å²) in [6, 6.07) is 8.76. The van der Waals surface area contributed by atoms with Crippen LogP contribution in [0.15, 0.2) is 36.5 Å². The molecule has 0 saturated heterocycles. The molecule has 6 heteroatoms. The number of halogens is 1. The number of hydrogen-bond acceptors (Lipinski definition) is 4. The van der Waals surface area contributed by atoms with Gasteiger partial charge in [-0.05, 0) is 25.1 Å². The number of nitrogens with zero attached hydrogens (tertiary/aromatic N) is 1. The minimum absolute atomic E-state index is 0.294. The van der Waals surface area contributed by atoms with Crippen LogP contribution < -0.4 is 15.4 Å². The van der Waals surface area contributed by atoms with E-state index >= 15 is 0 Å². The van der Waals surface area contributed by atoms with Gasteiger partial charge in [0.2, 0.25) is 0 Å². The summed E-state index contributed by atoms with van der Waals surface area (Å²) in [6.45, 7) is 2.65. The molecular weight excluding hydrogens is 290 g/mol. The Hall–Kier alpha value is -2.27. The molecule has 1 aromatic carbocycles. The number of benzene rings is 1. The van der Waals surface area contributed by atoms with Crippen molar-refractivity contribution in [1.82, 2.24) is 4.98 Å². The third kappa shape index (κ3) is 3.64. The van der Waals surface area contributed by atoms with Gasteiger partial charge in [-0.1, -0.05) is 23.7 Å². The second-order valence-electron chi connectivity index (χ2n) is 4.24. The Bertz CT molecular complexity index is 647. The van der Waals surface area contributed by atoms with Crippen molar-refractivity contribution >= 4 is 29.0 Å². The average Bonchev–Trinajstić information content (AvgIpc) is 2.50. The summed E-state index contributed by atoms with van der Waals surface area (Å²) >= 11 is 6.08. The molecule has 21 heavy (non-hydrogen) atoms. The van der Waals surface area contributed by atoms with Gasteiger partial charge in [0.15, 0.2) is 0 Å². The highest BCUT2D eigenvalue weighted by Crippen LogP contribution is 2.25. The minimum atomic E-state index is -0.294. The fourth-order valence-electron chi connectivity index (χ4n) is 1.80. The van der Waals surface area contributed by atoms with Gasteiger partial charge in [-0.15, -0.1) is 0 Å². The van der Waals surface area contributed by atoms with Crippen molar-refractivity contribution in [1.29, 1.82) is 0 Å². The van der Waals surface area contributed by atoms with Crippen molar-refractivity contribution in [2.45, 2.75) is 6.92 Å². The van der Waals surface area contributed by atoms with Gasteiger partial charge in [-0.2, -0.15) is 0 Å². The van der Waals surface area contributed by atoms with Gasteiger partial charge >= 0.3 is 0 Å². The number of carbonyl (C=O) groups excluding carboxylic acids is 1. The Kier molecular flexibility index (Phi) is 5.00. The lowest BCUT2D eigenvalue weighted by Gasteiger charge is -2.10. The molecule has 0 aliphatic carbocycles. The summed E-state index contributed by atoms with van der Waals surface area (Å²) < 4.78 is 5.19. The van der Waals surface area contributed by atoms with Gasteiger partial charge in [0.05, 0.1) is 23.4 Å². The van der Waals surface area contributed by atoms with Gasteiger partial charge in [-0.3, -0.25) is 4.79 Å². The zero-order valence-corrected chi connectivity index (χ0v) is 12.6. The van der Waals surface area contributed by atoms with Crippen LogP contribution in [0.1, 0.15) is 17.3 Å². The number of nitrogens with one attached hydrogen (secondary N) is 2. The molecule has 2 rings (SSSR count). The van der Waals surface area contributed by atoms with Crippen molar-refractivity contribution in [3.05, 3.63) is 47.1 Å². The number of rotatable bonds is 5. The van der Waals surface area contributed by atoms with Crippen molar-refractivity contribution in [2.75, 3.05) is 24.3 Å². The van der Waals surface area contributed by atoms with Gasteiger partial charge < -0.3 is 15.4 Å². The smallest absolute Gasteiger partial charge is 0.257 e. The number of carbonyl (C=O) groups is 1. The molecule has 0 unspecified atom stereocenters. The van der Waals surface area contributed by atoms with Crippen molar-refractivity contribution in [3.63, 3.8) is 0 Å². The first-order valence-electron chi connectivity index (χ1n) is 6.49. The Morgan fingerprint density at radius 2 is 2.14 bits per heavy atom. The number of anilines is 2. The lowest BCUT2D eigenvalue weighted by molar-refractivity contribution is 0.102. The number of ether oxygens (including phenoxy) is 1. The number of methoxy groups -OCH3 is 1. The summed E-state index contributed by atoms with van der Waals surface area (Å²) in [7, 11) is 1.55. The van der Waals surface area contributed by atoms with E-state index in [0.29, 0.717) is 34.4 Å². The summed E-state index contributed by atoms with van der Waals surface area (Å²) in [5, 5.41) is 6.20. The Balaban J connectivity index is 2.19. The topological polar surface area (TPSA) is 63.2 Å². The van der Waals surface area contributed by atoms with Gasteiger partial charge in [-0.25, -0.2) is 4.98 Å². The molecule has 1 aromatic heterocycles. The number of hydrogen-bond donors (Lipinski definition) is 2. The van der Waals surface area contributed by atoms with E-state index < -0.39 is 0 Å². The highest BCUT2D eigenvalue weighted by atomic mass is 35.5. The van der Waals surface area contributed by atoms with Crippen LogP contribution in [0.4, 0.5) is 11.5 Å². The van der Waals surface area contributed by atoms with E-state index in [-0.39, 0.29) is 5.91 Å². The fourth-order valence-corrected chi connectivity index (χ4v) is 2.04. The first-order chi connectivity index (χ1) is 10.2. The third-order valence-electron chi connectivity index (χ3n) is 2.80. The lowest BCUT2D eigenvalue weighted by Crippen LogP contribution is -2.13. The SMILES string of the molecule is CCNc1ncc(C(=O)Nc2ccccc2OC)cc1Cl. The van der Waals surface area contributed by atoms with E-state index in [0.717, 1.165) is 0 Å². The molecule has 1 heterocycles. The molecule has 0 radical (unpaired) electrons. The van der Waals surface area contributed by atoms with Crippen molar-refractivity contribution in [2.24, 2.45) is 0 Å². The van der Waals surface area contributed by atoms with Crippen LogP contribution in [0.2, 0.25) is 5.02 Å². The molecule has 2 N–H and O–H groups in total. The molecule has 0 bridgehead atoms. The zero-order chi connectivity index (χ0) is 15.2. The summed E-state index contributed by atoms with van der Waals surface area (Å²) in [4.78, 5) is 16.4. The summed E-state index contributed by atoms with van der Waals surface area (Å²) in [5.41, 5.74) is 0.976. The molecule has 0 saturated carbocycles. The highest BCUT2D eigenvalue weighted by Gasteiger charge is 2.12. The predicted octanol–water partition coefficient (Wildman–Crippen LogP) is 3.43. The quantitative estimate of drug-likeness (QED) is 0.888. The van der Waals surface area contributed by atoms with Gasteiger partial charge in [0.25, 0.3) is 5.91 Å². The summed E-state index contributed by atoms with van der Waals surface area (Å²) in [6.07, 6.45) is 1.48. The van der Waals surface area contributed by atoms with E-state index in [1.807, 2.05) is 19.1 Å². The third-order valence-corrected chi connectivity index (χ3v) is 3.09. The average molecular weight is 306 g/mol. The second kappa shape index (κ2) is 6.95. The van der Waals surface area contributed by atoms with Crippen LogP contribution in [0.5, 0.6) is 5.75 Å². The van der Waals surface area contributed by atoms with Gasteiger partial charge in [0.1, 0.15) is 11.6 Å². The van der Waals surface area contributed by atoms with Crippen LogP contribution in [0.25, 0.3) is 0 Å². The van der Waals surface area contributed by atoms with Crippen LogP contribution >= 0.6 is 11.6 Å². The molecule has 0 fully saturated rings. The highest BCUT2D eigenvalue weighted by molar-refractivity contribution is 6.33. The number of amides is 1. The van der Waals surface area contributed by atoms with E-state index in [1.165, 1.54) is 6.20 Å². The maximum Gasteiger partial charge on any atom is 0.257 e. The molecule has 5 nitrogen and oxygen atoms in total. The van der Waals surface area contributed by atoms with Crippen molar-refractivity contribution in [3.8, 4) is 5.75 Å². The van der Waals surface area contributed by atoms with Gasteiger partial charge in [0, 0.05) is 12.7 Å². The standard InChI is InChI=1S/C15H16ClN3O2/c1-3-17-14-11(16)8-10(9-18-14)15(20)19-12-6-4-5-7-13(12)21-2/h4-9H,3H2,1-2H3,(H,17,18)(H,19,20). The Morgan fingerprint density at radius 3 is 2.81 bits per heavy atom. The zero-order valence-electron chi connectivity index (χ0n) is 11.8. The summed E-state index contributed by atoms with van der Waals surface area (Å²) in [5.74, 6) is 0.860. The van der Waals surface area contributed by atoms with E-state index in [1.54, 1.807) is 25.3 Å². The number of pyridine rings is 1. The second-order valence-corrected chi connectivity index (χ2v) is 4.65.